The summed E-state index contributed by atoms with van der Waals surface area (Å²) >= 11 is 0. The molecule has 0 N–H and O–H groups in total. The Morgan fingerprint density at radius 3 is 2.29 bits per heavy atom. The Bertz CT molecular complexity index is 187. The van der Waals surface area contributed by atoms with E-state index in [-0.39, 0.29) is 5.41 Å². The number of likely N-dealkylation sites (tertiary alicyclic amines) is 1. The third-order valence-corrected chi connectivity index (χ3v) is 2.91. The van der Waals surface area contributed by atoms with Crippen molar-refractivity contribution in [2.45, 2.75) is 46.5 Å². The minimum atomic E-state index is -0.148. The number of carbonyl (C=O) groups is 1. The standard InChI is InChI=1S/C12H23NO/c1-12(2,3)11(14)7-6-10-13-8-4-5-9-13/h4-10H2,1-3H3. The van der Waals surface area contributed by atoms with Crippen molar-refractivity contribution in [3.8, 4) is 0 Å². The molecule has 0 aromatic carbocycles. The molecular formula is C12H23NO. The van der Waals surface area contributed by atoms with Crippen molar-refractivity contribution >= 4 is 5.78 Å². The van der Waals surface area contributed by atoms with Crippen molar-refractivity contribution in [2.24, 2.45) is 5.41 Å². The van der Waals surface area contributed by atoms with E-state index in [9.17, 15) is 4.79 Å². The first-order chi connectivity index (χ1) is 6.50. The predicted octanol–water partition coefficient (Wildman–Crippen LogP) is 2.48. The van der Waals surface area contributed by atoms with E-state index in [0.717, 1.165) is 19.4 Å². The molecule has 0 radical (unpaired) electrons. The van der Waals surface area contributed by atoms with Crippen LogP contribution in [0.3, 0.4) is 0 Å². The van der Waals surface area contributed by atoms with Crippen molar-refractivity contribution in [1.82, 2.24) is 4.90 Å². The molecule has 1 fully saturated rings. The van der Waals surface area contributed by atoms with Crippen LogP contribution in [-0.2, 0) is 4.79 Å². The molecule has 0 spiro atoms. The highest BCUT2D eigenvalue weighted by Crippen LogP contribution is 2.18. The third-order valence-electron chi connectivity index (χ3n) is 2.91. The van der Waals surface area contributed by atoms with Gasteiger partial charge in [-0.2, -0.15) is 0 Å². The predicted molar refractivity (Wildman–Crippen MR) is 59.4 cm³/mol. The highest BCUT2D eigenvalue weighted by atomic mass is 16.1. The molecule has 0 aliphatic carbocycles. The lowest BCUT2D eigenvalue weighted by molar-refractivity contribution is -0.126. The van der Waals surface area contributed by atoms with Crippen molar-refractivity contribution < 1.29 is 4.79 Å². The first-order valence-corrected chi connectivity index (χ1v) is 5.76. The Labute approximate surface area is 87.7 Å². The number of hydrogen-bond donors (Lipinski definition) is 0. The summed E-state index contributed by atoms with van der Waals surface area (Å²) < 4.78 is 0. The minimum Gasteiger partial charge on any atom is -0.303 e. The zero-order chi connectivity index (χ0) is 10.6. The summed E-state index contributed by atoms with van der Waals surface area (Å²) in [5.41, 5.74) is -0.148. The van der Waals surface area contributed by atoms with Crippen LogP contribution in [-0.4, -0.2) is 30.3 Å². The van der Waals surface area contributed by atoms with Gasteiger partial charge in [-0.3, -0.25) is 4.79 Å². The van der Waals surface area contributed by atoms with Crippen LogP contribution >= 0.6 is 0 Å². The van der Waals surface area contributed by atoms with Gasteiger partial charge >= 0.3 is 0 Å². The zero-order valence-electron chi connectivity index (χ0n) is 9.81. The van der Waals surface area contributed by atoms with Crippen molar-refractivity contribution in [3.63, 3.8) is 0 Å². The van der Waals surface area contributed by atoms with Gasteiger partial charge in [-0.05, 0) is 38.9 Å². The topological polar surface area (TPSA) is 20.3 Å². The first-order valence-electron chi connectivity index (χ1n) is 5.76. The Hall–Kier alpha value is -0.370. The lowest BCUT2D eigenvalue weighted by Gasteiger charge is -2.18. The van der Waals surface area contributed by atoms with Gasteiger partial charge in [-0.1, -0.05) is 20.8 Å². The summed E-state index contributed by atoms with van der Waals surface area (Å²) in [4.78, 5) is 14.1. The number of hydrogen-bond acceptors (Lipinski definition) is 2. The van der Waals surface area contributed by atoms with Gasteiger partial charge in [0, 0.05) is 11.8 Å². The summed E-state index contributed by atoms with van der Waals surface area (Å²) in [5.74, 6) is 0.400. The lowest BCUT2D eigenvalue weighted by Crippen LogP contribution is -2.24. The van der Waals surface area contributed by atoms with Crippen molar-refractivity contribution in [1.29, 1.82) is 0 Å². The van der Waals surface area contributed by atoms with E-state index in [1.165, 1.54) is 25.9 Å². The molecule has 0 amide bonds. The molecule has 1 saturated heterocycles. The van der Waals surface area contributed by atoms with E-state index in [4.69, 9.17) is 0 Å². The highest BCUT2D eigenvalue weighted by molar-refractivity contribution is 5.83. The van der Waals surface area contributed by atoms with Gasteiger partial charge in [0.1, 0.15) is 5.78 Å². The molecular weight excluding hydrogens is 174 g/mol. The minimum absolute atomic E-state index is 0.148. The van der Waals surface area contributed by atoms with Crippen molar-refractivity contribution in [2.75, 3.05) is 19.6 Å². The molecule has 1 rings (SSSR count). The summed E-state index contributed by atoms with van der Waals surface area (Å²) in [6, 6.07) is 0. The van der Waals surface area contributed by atoms with E-state index in [1.54, 1.807) is 0 Å². The second-order valence-electron chi connectivity index (χ2n) is 5.33. The summed E-state index contributed by atoms with van der Waals surface area (Å²) in [5, 5.41) is 0. The third kappa shape index (κ3) is 3.79. The summed E-state index contributed by atoms with van der Waals surface area (Å²) in [7, 11) is 0. The molecule has 82 valence electrons. The first kappa shape index (κ1) is 11.7. The molecule has 1 heterocycles. The number of carbonyl (C=O) groups excluding carboxylic acids is 1. The van der Waals surface area contributed by atoms with E-state index in [1.807, 2.05) is 20.8 Å². The van der Waals surface area contributed by atoms with Gasteiger partial charge in [0.25, 0.3) is 0 Å². The van der Waals surface area contributed by atoms with E-state index >= 15 is 0 Å². The normalized spacial score (nSPS) is 18.8. The van der Waals surface area contributed by atoms with Gasteiger partial charge in [0.2, 0.25) is 0 Å². The fraction of sp³-hybridized carbons (Fsp3) is 0.917. The van der Waals surface area contributed by atoms with Crippen LogP contribution in [0.1, 0.15) is 46.5 Å². The molecule has 2 heteroatoms. The molecule has 0 unspecified atom stereocenters. The highest BCUT2D eigenvalue weighted by Gasteiger charge is 2.20. The number of ketones is 1. The maximum absolute atomic E-state index is 11.6. The summed E-state index contributed by atoms with van der Waals surface area (Å²) in [6.45, 7) is 9.61. The Morgan fingerprint density at radius 1 is 1.21 bits per heavy atom. The molecule has 1 aliphatic rings. The van der Waals surface area contributed by atoms with Crippen LogP contribution < -0.4 is 0 Å². The van der Waals surface area contributed by atoms with Crippen LogP contribution in [0.2, 0.25) is 0 Å². The van der Waals surface area contributed by atoms with Gasteiger partial charge < -0.3 is 4.90 Å². The van der Waals surface area contributed by atoms with Gasteiger partial charge in [-0.15, -0.1) is 0 Å². The van der Waals surface area contributed by atoms with E-state index in [2.05, 4.69) is 4.90 Å². The van der Waals surface area contributed by atoms with E-state index in [0.29, 0.717) is 5.78 Å². The van der Waals surface area contributed by atoms with Crippen LogP contribution in [0.5, 0.6) is 0 Å². The Morgan fingerprint density at radius 2 is 1.79 bits per heavy atom. The van der Waals surface area contributed by atoms with Crippen LogP contribution in [0, 0.1) is 5.41 Å². The van der Waals surface area contributed by atoms with Crippen LogP contribution in [0.4, 0.5) is 0 Å². The number of Topliss-reactive ketones (excluding diaryl/α,β-unsaturated/α-hetero) is 1. The fourth-order valence-corrected chi connectivity index (χ4v) is 1.84. The largest absolute Gasteiger partial charge is 0.303 e. The average molecular weight is 197 g/mol. The second kappa shape index (κ2) is 4.92. The monoisotopic (exact) mass is 197 g/mol. The second-order valence-corrected chi connectivity index (χ2v) is 5.33. The molecule has 0 atom stereocenters. The van der Waals surface area contributed by atoms with E-state index < -0.39 is 0 Å². The maximum atomic E-state index is 11.6. The molecule has 0 aromatic heterocycles. The smallest absolute Gasteiger partial charge is 0.138 e. The average Bonchev–Trinajstić information content (AvgIpc) is 2.55. The molecule has 0 saturated carbocycles. The lowest BCUT2D eigenvalue weighted by atomic mass is 9.88. The Balaban J connectivity index is 2.11. The SMILES string of the molecule is CC(C)(C)C(=O)CCCN1CCCC1. The molecule has 14 heavy (non-hydrogen) atoms. The quantitative estimate of drug-likeness (QED) is 0.690. The number of rotatable bonds is 4. The Kier molecular flexibility index (Phi) is 4.11. The molecule has 0 aromatic rings. The van der Waals surface area contributed by atoms with Gasteiger partial charge in [0.15, 0.2) is 0 Å². The van der Waals surface area contributed by atoms with Crippen LogP contribution in [0.15, 0.2) is 0 Å². The fourth-order valence-electron chi connectivity index (χ4n) is 1.84. The number of nitrogens with zero attached hydrogens (tertiary/aromatic N) is 1. The molecule has 0 bridgehead atoms. The maximum Gasteiger partial charge on any atom is 0.138 e. The molecule has 1 aliphatic heterocycles. The molecule has 2 nitrogen and oxygen atoms in total. The van der Waals surface area contributed by atoms with Crippen LogP contribution in [0.25, 0.3) is 0 Å². The van der Waals surface area contributed by atoms with Crippen molar-refractivity contribution in [3.05, 3.63) is 0 Å². The zero-order valence-corrected chi connectivity index (χ0v) is 9.81. The summed E-state index contributed by atoms with van der Waals surface area (Å²) in [6.07, 6.45) is 4.47. The van der Waals surface area contributed by atoms with Gasteiger partial charge in [-0.25, -0.2) is 0 Å². The van der Waals surface area contributed by atoms with Gasteiger partial charge in [0.05, 0.1) is 0 Å².